The van der Waals surface area contributed by atoms with E-state index in [4.69, 9.17) is 0 Å². The van der Waals surface area contributed by atoms with Gasteiger partial charge in [0.05, 0.1) is 15.2 Å². The summed E-state index contributed by atoms with van der Waals surface area (Å²) in [6.45, 7) is 3.01. The molecule has 1 aliphatic rings. The zero-order valence-electron chi connectivity index (χ0n) is 10.6. The maximum absolute atomic E-state index is 4.60. The number of amidine groups is 1. The van der Waals surface area contributed by atoms with E-state index in [1.165, 1.54) is 24.0 Å². The summed E-state index contributed by atoms with van der Waals surface area (Å²) in [6.07, 6.45) is 4.83. The normalized spacial score (nSPS) is 16.4. The van der Waals surface area contributed by atoms with Gasteiger partial charge in [-0.1, -0.05) is 6.42 Å². The first kappa shape index (κ1) is 11.7. The van der Waals surface area contributed by atoms with Crippen LogP contribution in [0.1, 0.15) is 30.7 Å². The zero-order valence-corrected chi connectivity index (χ0v) is 11.4. The Morgan fingerprint density at radius 2 is 2.17 bits per heavy atom. The summed E-state index contributed by atoms with van der Waals surface area (Å²) in [4.78, 5) is 9.07. The fourth-order valence-electron chi connectivity index (χ4n) is 2.26. The molecule has 3 rings (SSSR count). The number of anilines is 1. The Balaban J connectivity index is 1.83. The highest BCUT2D eigenvalue weighted by Crippen LogP contribution is 2.25. The Kier molecular flexibility index (Phi) is 3.28. The third-order valence-electron chi connectivity index (χ3n) is 3.16. The second-order valence-corrected chi connectivity index (χ2v) is 5.91. The molecule has 94 valence electrons. The summed E-state index contributed by atoms with van der Waals surface area (Å²) in [5, 5.41) is 4.57. The molecule has 1 N–H and O–H groups in total. The number of aryl methyl sites for hydroxylation is 1. The molecule has 2 aromatic rings. The summed E-state index contributed by atoms with van der Waals surface area (Å²) in [5.74, 6) is 1.13. The highest BCUT2D eigenvalue weighted by molar-refractivity contribution is 7.18. The third kappa shape index (κ3) is 2.53. The highest BCUT2D eigenvalue weighted by Gasteiger charge is 2.06. The van der Waals surface area contributed by atoms with Gasteiger partial charge in [-0.15, -0.1) is 11.3 Å². The van der Waals surface area contributed by atoms with Crippen molar-refractivity contribution < 1.29 is 0 Å². The van der Waals surface area contributed by atoms with E-state index in [0.717, 1.165) is 35.0 Å². The van der Waals surface area contributed by atoms with Gasteiger partial charge in [0.15, 0.2) is 0 Å². The van der Waals surface area contributed by atoms with Crippen LogP contribution >= 0.6 is 11.3 Å². The van der Waals surface area contributed by atoms with E-state index < -0.39 is 0 Å². The number of aromatic nitrogens is 1. The monoisotopic (exact) mass is 259 g/mol. The summed E-state index contributed by atoms with van der Waals surface area (Å²) in [6, 6.07) is 6.35. The zero-order chi connectivity index (χ0) is 12.4. The molecule has 0 saturated carbocycles. The molecule has 0 amide bonds. The fourth-order valence-corrected chi connectivity index (χ4v) is 3.13. The van der Waals surface area contributed by atoms with E-state index in [1.54, 1.807) is 11.3 Å². The predicted molar refractivity (Wildman–Crippen MR) is 78.7 cm³/mol. The van der Waals surface area contributed by atoms with E-state index in [0.29, 0.717) is 0 Å². The maximum atomic E-state index is 4.60. The van der Waals surface area contributed by atoms with Crippen molar-refractivity contribution in [3.63, 3.8) is 0 Å². The molecule has 0 spiro atoms. The lowest BCUT2D eigenvalue weighted by Gasteiger charge is -2.07. The average molecular weight is 259 g/mol. The molecule has 0 radical (unpaired) electrons. The second kappa shape index (κ2) is 5.06. The van der Waals surface area contributed by atoms with Crippen LogP contribution in [0.5, 0.6) is 0 Å². The van der Waals surface area contributed by atoms with E-state index in [2.05, 4.69) is 33.5 Å². The number of hydrogen-bond acceptors (Lipinski definition) is 4. The van der Waals surface area contributed by atoms with Gasteiger partial charge in [-0.25, -0.2) is 4.98 Å². The molecule has 1 aromatic heterocycles. The van der Waals surface area contributed by atoms with E-state index >= 15 is 0 Å². The molecule has 2 heterocycles. The maximum Gasteiger partial charge on any atom is 0.101 e. The van der Waals surface area contributed by atoms with E-state index in [9.17, 15) is 0 Å². The Morgan fingerprint density at radius 3 is 3.11 bits per heavy atom. The third-order valence-corrected chi connectivity index (χ3v) is 4.09. The van der Waals surface area contributed by atoms with E-state index in [1.807, 2.05) is 6.92 Å². The molecule has 0 saturated heterocycles. The topological polar surface area (TPSA) is 37.3 Å². The van der Waals surface area contributed by atoms with Gasteiger partial charge in [0, 0.05) is 18.7 Å². The van der Waals surface area contributed by atoms with Crippen LogP contribution in [0.2, 0.25) is 0 Å². The minimum Gasteiger partial charge on any atom is -0.344 e. The summed E-state index contributed by atoms with van der Waals surface area (Å²) in [7, 11) is 0. The minimum absolute atomic E-state index is 0.963. The standard InChI is InChI=1S/C14H17N3S/c1-10-16-12-7-6-11(9-13(12)18-10)17-14-5-3-2-4-8-15-14/h6-7,9H,2-5,8H2,1H3,(H,15,17). The van der Waals surface area contributed by atoms with Gasteiger partial charge >= 0.3 is 0 Å². The van der Waals surface area contributed by atoms with Crippen molar-refractivity contribution in [3.05, 3.63) is 23.2 Å². The van der Waals surface area contributed by atoms with Crippen molar-refractivity contribution in [1.82, 2.24) is 4.98 Å². The van der Waals surface area contributed by atoms with Crippen LogP contribution in [0.25, 0.3) is 10.2 Å². The van der Waals surface area contributed by atoms with E-state index in [-0.39, 0.29) is 0 Å². The second-order valence-electron chi connectivity index (χ2n) is 4.68. The van der Waals surface area contributed by atoms with Crippen molar-refractivity contribution in [2.75, 3.05) is 11.9 Å². The lowest BCUT2D eigenvalue weighted by molar-refractivity contribution is 0.731. The molecule has 3 nitrogen and oxygen atoms in total. The molecule has 1 aliphatic heterocycles. The average Bonchev–Trinajstić information content (AvgIpc) is 2.56. The first-order chi connectivity index (χ1) is 8.81. The van der Waals surface area contributed by atoms with Gasteiger partial charge in [-0.05, 0) is 38.0 Å². The molecular formula is C14H17N3S. The number of hydrogen-bond donors (Lipinski definition) is 1. The summed E-state index contributed by atoms with van der Waals surface area (Å²) in [5.41, 5.74) is 2.22. The number of benzene rings is 1. The molecule has 0 aliphatic carbocycles. The lowest BCUT2D eigenvalue weighted by atomic mass is 10.2. The van der Waals surface area contributed by atoms with Crippen molar-refractivity contribution >= 4 is 33.1 Å². The van der Waals surface area contributed by atoms with Crippen LogP contribution in [0, 0.1) is 6.92 Å². The number of rotatable bonds is 1. The Bertz CT molecular complexity index is 586. The van der Waals surface area contributed by atoms with Crippen LogP contribution < -0.4 is 5.32 Å². The Hall–Kier alpha value is -1.42. The van der Waals surface area contributed by atoms with Crippen molar-refractivity contribution in [3.8, 4) is 0 Å². The molecule has 1 aromatic carbocycles. The lowest BCUT2D eigenvalue weighted by Crippen LogP contribution is -2.11. The molecule has 4 heteroatoms. The van der Waals surface area contributed by atoms with Gasteiger partial charge in [0.1, 0.15) is 5.84 Å². The number of thiazole rings is 1. The van der Waals surface area contributed by atoms with Crippen LogP contribution in [-0.2, 0) is 0 Å². The van der Waals surface area contributed by atoms with Crippen molar-refractivity contribution in [2.45, 2.75) is 32.6 Å². The van der Waals surface area contributed by atoms with Gasteiger partial charge in [-0.2, -0.15) is 0 Å². The minimum atomic E-state index is 0.963. The van der Waals surface area contributed by atoms with Crippen LogP contribution in [-0.4, -0.2) is 17.4 Å². The summed E-state index contributed by atoms with van der Waals surface area (Å²) < 4.78 is 1.24. The number of aliphatic imine (C=N–C) groups is 1. The molecule has 0 bridgehead atoms. The van der Waals surface area contributed by atoms with Gasteiger partial charge in [0.25, 0.3) is 0 Å². The first-order valence-electron chi connectivity index (χ1n) is 6.49. The number of nitrogens with zero attached hydrogens (tertiary/aromatic N) is 2. The van der Waals surface area contributed by atoms with Crippen LogP contribution in [0.3, 0.4) is 0 Å². The first-order valence-corrected chi connectivity index (χ1v) is 7.30. The van der Waals surface area contributed by atoms with Gasteiger partial charge in [-0.3, -0.25) is 4.99 Å². The van der Waals surface area contributed by atoms with Gasteiger partial charge < -0.3 is 5.32 Å². The molecule has 0 atom stereocenters. The Morgan fingerprint density at radius 1 is 1.22 bits per heavy atom. The van der Waals surface area contributed by atoms with Crippen molar-refractivity contribution in [1.29, 1.82) is 0 Å². The van der Waals surface area contributed by atoms with Gasteiger partial charge in [0.2, 0.25) is 0 Å². The molecule has 0 unspecified atom stereocenters. The molecule has 18 heavy (non-hydrogen) atoms. The smallest absolute Gasteiger partial charge is 0.101 e. The summed E-state index contributed by atoms with van der Waals surface area (Å²) >= 11 is 1.74. The van der Waals surface area contributed by atoms with Crippen molar-refractivity contribution in [2.24, 2.45) is 4.99 Å². The number of nitrogens with one attached hydrogen (secondary N) is 1. The molecule has 0 fully saturated rings. The SMILES string of the molecule is Cc1nc2ccc(NC3=NCCCCC3)cc2s1. The molecular weight excluding hydrogens is 242 g/mol. The quantitative estimate of drug-likeness (QED) is 0.840. The largest absolute Gasteiger partial charge is 0.344 e. The predicted octanol–water partition coefficient (Wildman–Crippen LogP) is 3.99. The van der Waals surface area contributed by atoms with Crippen LogP contribution in [0.15, 0.2) is 23.2 Å². The highest BCUT2D eigenvalue weighted by atomic mass is 32.1. The van der Waals surface area contributed by atoms with Crippen LogP contribution in [0.4, 0.5) is 5.69 Å². The number of fused-ring (bicyclic) bond motifs is 1. The Labute approximate surface area is 111 Å². The fraction of sp³-hybridized carbons (Fsp3) is 0.429.